The third-order valence-corrected chi connectivity index (χ3v) is 3.22. The van der Waals surface area contributed by atoms with E-state index in [1.807, 2.05) is 36.2 Å². The first-order valence-corrected chi connectivity index (χ1v) is 6.52. The molecule has 5 nitrogen and oxygen atoms in total. The minimum Gasteiger partial charge on any atom is -0.380 e. The minimum atomic E-state index is 0.316. The molecule has 0 amide bonds. The van der Waals surface area contributed by atoms with Crippen molar-refractivity contribution in [3.63, 3.8) is 0 Å². The molecule has 20 heavy (non-hydrogen) atoms. The van der Waals surface area contributed by atoms with Crippen LogP contribution in [0.5, 0.6) is 0 Å². The van der Waals surface area contributed by atoms with Crippen molar-refractivity contribution in [3.8, 4) is 0 Å². The van der Waals surface area contributed by atoms with Gasteiger partial charge >= 0.3 is 0 Å². The van der Waals surface area contributed by atoms with E-state index in [0.717, 1.165) is 30.5 Å². The summed E-state index contributed by atoms with van der Waals surface area (Å²) in [5.41, 5.74) is 8.37. The van der Waals surface area contributed by atoms with E-state index in [2.05, 4.69) is 10.2 Å². The number of hydrogen-bond donors (Lipinski definition) is 1. The van der Waals surface area contributed by atoms with Crippen LogP contribution in [0.1, 0.15) is 15.9 Å². The van der Waals surface area contributed by atoms with Crippen molar-refractivity contribution in [1.29, 1.82) is 0 Å². The fourth-order valence-electron chi connectivity index (χ4n) is 1.85. The Hall–Kier alpha value is -2.14. The molecule has 1 heterocycles. The topological polar surface area (TPSA) is 72.1 Å². The lowest BCUT2D eigenvalue weighted by Gasteiger charge is -2.20. The van der Waals surface area contributed by atoms with Gasteiger partial charge in [0, 0.05) is 25.2 Å². The normalized spacial score (nSPS) is 10.3. The summed E-state index contributed by atoms with van der Waals surface area (Å²) in [6, 6.07) is 9.19. The van der Waals surface area contributed by atoms with Gasteiger partial charge in [-0.05, 0) is 12.0 Å². The zero-order valence-electron chi connectivity index (χ0n) is 11.1. The Morgan fingerprint density at radius 3 is 2.65 bits per heavy atom. The summed E-state index contributed by atoms with van der Waals surface area (Å²) in [6.45, 7) is 0.757. The van der Waals surface area contributed by atoms with Crippen LogP contribution in [0.4, 0.5) is 11.5 Å². The number of aromatic nitrogens is 2. The number of halogens is 1. The van der Waals surface area contributed by atoms with E-state index in [1.54, 1.807) is 6.07 Å². The summed E-state index contributed by atoms with van der Waals surface area (Å²) in [5, 5.41) is 7.80. The summed E-state index contributed by atoms with van der Waals surface area (Å²) in [4.78, 5) is 12.6. The number of benzene rings is 1. The molecule has 0 aliphatic heterocycles. The second-order valence-electron chi connectivity index (χ2n) is 4.47. The molecule has 2 rings (SSSR count). The second kappa shape index (κ2) is 6.34. The molecular formula is C14H15ClN4O. The van der Waals surface area contributed by atoms with Crippen molar-refractivity contribution >= 4 is 29.4 Å². The summed E-state index contributed by atoms with van der Waals surface area (Å²) in [7, 11) is 1.92. The van der Waals surface area contributed by atoms with Crippen LogP contribution < -0.4 is 10.6 Å². The fraction of sp³-hybridized carbons (Fsp3) is 0.214. The number of nitrogens with two attached hydrogens (primary N) is 1. The zero-order chi connectivity index (χ0) is 14.5. The van der Waals surface area contributed by atoms with Crippen LogP contribution in [0.3, 0.4) is 0 Å². The number of aldehydes is 1. The van der Waals surface area contributed by atoms with Gasteiger partial charge in [-0.25, -0.2) is 0 Å². The van der Waals surface area contributed by atoms with Gasteiger partial charge in [0.05, 0.1) is 5.69 Å². The van der Waals surface area contributed by atoms with E-state index in [9.17, 15) is 4.79 Å². The highest BCUT2D eigenvalue weighted by Gasteiger charge is 2.08. The minimum absolute atomic E-state index is 0.316. The van der Waals surface area contributed by atoms with E-state index in [4.69, 9.17) is 17.3 Å². The molecule has 0 spiro atoms. The third-order valence-electron chi connectivity index (χ3n) is 3.03. The number of carbonyl (C=O) groups is 1. The van der Waals surface area contributed by atoms with Crippen LogP contribution >= 0.6 is 11.6 Å². The molecule has 0 saturated carbocycles. The number of anilines is 2. The van der Waals surface area contributed by atoms with E-state index in [1.165, 1.54) is 0 Å². The number of rotatable bonds is 5. The van der Waals surface area contributed by atoms with Gasteiger partial charge < -0.3 is 10.6 Å². The summed E-state index contributed by atoms with van der Waals surface area (Å²) < 4.78 is 0. The standard InChI is InChI=1S/C14H15ClN4O/c1-19(12-8-13(15)17-18-14(12)16)7-6-10-2-4-11(9-20)5-3-10/h2-5,8-9H,6-7H2,1H3,(H2,16,18). The van der Waals surface area contributed by atoms with E-state index in [0.29, 0.717) is 16.5 Å². The van der Waals surface area contributed by atoms with Crippen LogP contribution in [0.2, 0.25) is 5.15 Å². The van der Waals surface area contributed by atoms with Crippen LogP contribution in [-0.4, -0.2) is 30.1 Å². The molecule has 0 radical (unpaired) electrons. The number of carbonyl (C=O) groups excluding carboxylic acids is 1. The zero-order valence-corrected chi connectivity index (χ0v) is 11.8. The Balaban J connectivity index is 2.02. The molecule has 0 unspecified atom stereocenters. The molecule has 0 aliphatic carbocycles. The first kappa shape index (κ1) is 14.3. The molecule has 1 aromatic carbocycles. The smallest absolute Gasteiger partial charge is 0.169 e. The molecule has 104 valence electrons. The van der Waals surface area contributed by atoms with E-state index in [-0.39, 0.29) is 0 Å². The van der Waals surface area contributed by atoms with Crippen LogP contribution in [0.25, 0.3) is 0 Å². The number of hydrogen-bond acceptors (Lipinski definition) is 5. The Morgan fingerprint density at radius 2 is 2.00 bits per heavy atom. The largest absolute Gasteiger partial charge is 0.380 e. The van der Waals surface area contributed by atoms with Crippen LogP contribution in [0, 0.1) is 0 Å². The van der Waals surface area contributed by atoms with Gasteiger partial charge in [0.15, 0.2) is 11.0 Å². The van der Waals surface area contributed by atoms with Gasteiger partial charge in [-0.2, -0.15) is 0 Å². The SMILES string of the molecule is CN(CCc1ccc(C=O)cc1)c1cc(Cl)nnc1N. The average molecular weight is 291 g/mol. The van der Waals surface area contributed by atoms with Gasteiger partial charge in [-0.1, -0.05) is 35.9 Å². The molecule has 0 fully saturated rings. The lowest BCUT2D eigenvalue weighted by molar-refractivity contribution is 0.112. The van der Waals surface area contributed by atoms with Crippen molar-refractivity contribution < 1.29 is 4.79 Å². The highest BCUT2D eigenvalue weighted by Crippen LogP contribution is 2.22. The Morgan fingerprint density at radius 1 is 1.30 bits per heavy atom. The van der Waals surface area contributed by atoms with Crippen molar-refractivity contribution in [2.75, 3.05) is 24.2 Å². The predicted molar refractivity (Wildman–Crippen MR) is 80.3 cm³/mol. The number of nitrogens with zero attached hydrogens (tertiary/aromatic N) is 3. The van der Waals surface area contributed by atoms with Crippen molar-refractivity contribution in [3.05, 3.63) is 46.6 Å². The average Bonchev–Trinajstić information content (AvgIpc) is 2.47. The Labute approximate surface area is 122 Å². The second-order valence-corrected chi connectivity index (χ2v) is 4.86. The highest BCUT2D eigenvalue weighted by atomic mass is 35.5. The predicted octanol–water partition coefficient (Wildman–Crippen LogP) is 2.20. The number of nitrogen functional groups attached to an aromatic ring is 1. The summed E-state index contributed by atoms with van der Waals surface area (Å²) in [6.07, 6.45) is 1.66. The van der Waals surface area contributed by atoms with Crippen molar-refractivity contribution in [2.24, 2.45) is 0 Å². The Kier molecular flexibility index (Phi) is 4.53. The van der Waals surface area contributed by atoms with Gasteiger partial charge in [-0.3, -0.25) is 4.79 Å². The monoisotopic (exact) mass is 290 g/mol. The molecule has 2 aromatic rings. The fourth-order valence-corrected chi connectivity index (χ4v) is 2.00. The highest BCUT2D eigenvalue weighted by molar-refractivity contribution is 6.29. The molecule has 6 heteroatoms. The van der Waals surface area contributed by atoms with E-state index >= 15 is 0 Å². The van der Waals surface area contributed by atoms with Crippen LogP contribution in [0.15, 0.2) is 30.3 Å². The molecule has 0 aliphatic rings. The quantitative estimate of drug-likeness (QED) is 0.855. The van der Waals surface area contributed by atoms with Crippen molar-refractivity contribution in [1.82, 2.24) is 10.2 Å². The maximum Gasteiger partial charge on any atom is 0.169 e. The molecular weight excluding hydrogens is 276 g/mol. The van der Waals surface area contributed by atoms with E-state index < -0.39 is 0 Å². The molecule has 1 aromatic heterocycles. The Bertz CT molecular complexity index is 601. The summed E-state index contributed by atoms with van der Waals surface area (Å²) in [5.74, 6) is 0.355. The first-order valence-electron chi connectivity index (χ1n) is 6.14. The molecule has 0 atom stereocenters. The third kappa shape index (κ3) is 3.45. The van der Waals surface area contributed by atoms with Gasteiger partial charge in [0.25, 0.3) is 0 Å². The lowest BCUT2D eigenvalue weighted by atomic mass is 10.1. The molecule has 0 bridgehead atoms. The lowest BCUT2D eigenvalue weighted by Crippen LogP contribution is -2.22. The molecule has 0 saturated heterocycles. The van der Waals surface area contributed by atoms with Crippen molar-refractivity contribution in [2.45, 2.75) is 6.42 Å². The molecule has 2 N–H and O–H groups in total. The number of likely N-dealkylation sites (N-methyl/N-ethyl adjacent to an activating group) is 1. The summed E-state index contributed by atoms with van der Waals surface area (Å²) >= 11 is 5.82. The maximum atomic E-state index is 10.6. The van der Waals surface area contributed by atoms with Crippen LogP contribution in [-0.2, 0) is 6.42 Å². The van der Waals surface area contributed by atoms with Gasteiger partial charge in [0.1, 0.15) is 6.29 Å². The first-order chi connectivity index (χ1) is 9.60. The van der Waals surface area contributed by atoms with Gasteiger partial charge in [-0.15, -0.1) is 10.2 Å². The van der Waals surface area contributed by atoms with Gasteiger partial charge in [0.2, 0.25) is 0 Å². The maximum absolute atomic E-state index is 10.6.